The van der Waals surface area contributed by atoms with E-state index in [0.717, 1.165) is 18.4 Å². The van der Waals surface area contributed by atoms with Crippen LogP contribution in [0.25, 0.3) is 11.1 Å². The predicted octanol–water partition coefficient (Wildman–Crippen LogP) is 2.87. The third-order valence-corrected chi connectivity index (χ3v) is 4.35. The van der Waals surface area contributed by atoms with Gasteiger partial charge in [-0.1, -0.05) is 30.3 Å². The minimum atomic E-state index is -4.79. The van der Waals surface area contributed by atoms with E-state index >= 15 is 0 Å². The molecule has 0 spiro atoms. The molecular formula is C15H12F3NO3S. The van der Waals surface area contributed by atoms with Gasteiger partial charge in [0.05, 0.1) is 16.0 Å². The normalized spacial score (nSPS) is 12.2. The minimum absolute atomic E-state index is 0.00472. The summed E-state index contributed by atoms with van der Waals surface area (Å²) in [7, 11) is -3.71. The molecule has 0 unspecified atom stereocenters. The minimum Gasteiger partial charge on any atom is -0.366 e. The highest BCUT2D eigenvalue weighted by atomic mass is 32.2. The van der Waals surface area contributed by atoms with E-state index in [1.165, 1.54) is 30.3 Å². The number of hydrogen-bond donors (Lipinski definition) is 1. The number of nitrogens with two attached hydrogens (primary N) is 1. The highest BCUT2D eigenvalue weighted by Crippen LogP contribution is 2.38. The van der Waals surface area contributed by atoms with Gasteiger partial charge in [-0.15, -0.1) is 0 Å². The van der Waals surface area contributed by atoms with Gasteiger partial charge in [-0.25, -0.2) is 8.42 Å². The van der Waals surface area contributed by atoms with Crippen LogP contribution in [0.15, 0.2) is 47.4 Å². The van der Waals surface area contributed by atoms with E-state index in [4.69, 9.17) is 5.73 Å². The van der Waals surface area contributed by atoms with E-state index in [1.807, 2.05) is 0 Å². The van der Waals surface area contributed by atoms with E-state index in [1.54, 1.807) is 0 Å². The number of carbonyl (C=O) groups is 1. The van der Waals surface area contributed by atoms with E-state index in [-0.39, 0.29) is 16.0 Å². The zero-order valence-electron chi connectivity index (χ0n) is 11.9. The standard InChI is InChI=1S/C15H12F3NO3S/c1-23(21,22)12-8-3-2-5-9(12)10-6-4-7-11(15(16,17)18)13(10)14(19)20/h2-8H,1H3,(H2,19,20). The Morgan fingerprint density at radius 2 is 1.57 bits per heavy atom. The maximum Gasteiger partial charge on any atom is 0.417 e. The number of carbonyl (C=O) groups excluding carboxylic acids is 1. The average molecular weight is 343 g/mol. The molecule has 0 saturated heterocycles. The number of alkyl halides is 3. The smallest absolute Gasteiger partial charge is 0.366 e. The summed E-state index contributed by atoms with van der Waals surface area (Å²) in [5.41, 5.74) is 2.99. The second-order valence-electron chi connectivity index (χ2n) is 4.86. The monoisotopic (exact) mass is 343 g/mol. The number of sulfone groups is 1. The summed E-state index contributed by atoms with van der Waals surface area (Å²) < 4.78 is 63.0. The Morgan fingerprint density at radius 3 is 2.09 bits per heavy atom. The van der Waals surface area contributed by atoms with E-state index < -0.39 is 33.0 Å². The van der Waals surface area contributed by atoms with Gasteiger partial charge in [-0.2, -0.15) is 13.2 Å². The average Bonchev–Trinajstić information content (AvgIpc) is 2.44. The molecule has 23 heavy (non-hydrogen) atoms. The molecule has 0 aromatic heterocycles. The molecule has 0 atom stereocenters. The van der Waals surface area contributed by atoms with Crippen LogP contribution in [0.1, 0.15) is 15.9 Å². The number of primary amides is 1. The van der Waals surface area contributed by atoms with Gasteiger partial charge in [0.1, 0.15) is 0 Å². The molecule has 0 bridgehead atoms. The van der Waals surface area contributed by atoms with Crippen LogP contribution < -0.4 is 5.73 Å². The summed E-state index contributed by atoms with van der Waals surface area (Å²) in [4.78, 5) is 11.4. The van der Waals surface area contributed by atoms with Crippen molar-refractivity contribution in [3.63, 3.8) is 0 Å². The molecule has 0 radical (unpaired) electrons. The molecule has 0 aliphatic carbocycles. The summed E-state index contributed by atoms with van der Waals surface area (Å²) in [6.45, 7) is 0. The lowest BCUT2D eigenvalue weighted by atomic mass is 9.94. The van der Waals surface area contributed by atoms with Gasteiger partial charge in [-0.3, -0.25) is 4.79 Å². The van der Waals surface area contributed by atoms with Crippen LogP contribution in [0.4, 0.5) is 13.2 Å². The number of amides is 1. The maximum atomic E-state index is 13.1. The quantitative estimate of drug-likeness (QED) is 0.931. The third-order valence-electron chi connectivity index (χ3n) is 3.19. The Labute approximate surface area is 130 Å². The molecule has 0 saturated carbocycles. The molecule has 0 aliphatic rings. The summed E-state index contributed by atoms with van der Waals surface area (Å²) in [5, 5.41) is 0. The first-order chi connectivity index (χ1) is 10.5. The molecule has 8 heteroatoms. The second kappa shape index (κ2) is 5.69. The van der Waals surface area contributed by atoms with E-state index in [2.05, 4.69) is 0 Å². The highest BCUT2D eigenvalue weighted by molar-refractivity contribution is 7.90. The van der Waals surface area contributed by atoms with Crippen molar-refractivity contribution in [2.45, 2.75) is 11.1 Å². The van der Waals surface area contributed by atoms with Gasteiger partial charge < -0.3 is 5.73 Å². The lowest BCUT2D eigenvalue weighted by Gasteiger charge is -2.16. The Hall–Kier alpha value is -2.35. The van der Waals surface area contributed by atoms with Crippen LogP contribution in [0.2, 0.25) is 0 Å². The van der Waals surface area contributed by atoms with Crippen LogP contribution >= 0.6 is 0 Å². The molecule has 2 N–H and O–H groups in total. The van der Waals surface area contributed by atoms with E-state index in [0.29, 0.717) is 0 Å². The fourth-order valence-electron chi connectivity index (χ4n) is 2.29. The van der Waals surface area contributed by atoms with E-state index in [9.17, 15) is 26.4 Å². The molecule has 4 nitrogen and oxygen atoms in total. The number of rotatable bonds is 3. The SMILES string of the molecule is CS(=O)(=O)c1ccccc1-c1cccc(C(F)(F)F)c1C(N)=O. The van der Waals surface area contributed by atoms with Crippen molar-refractivity contribution in [3.05, 3.63) is 53.6 Å². The topological polar surface area (TPSA) is 77.2 Å². The molecule has 1 amide bonds. The van der Waals surface area contributed by atoms with Crippen LogP contribution in [-0.2, 0) is 16.0 Å². The Kier molecular flexibility index (Phi) is 4.21. The van der Waals surface area contributed by atoms with Gasteiger partial charge >= 0.3 is 6.18 Å². The molecule has 0 fully saturated rings. The first-order valence-electron chi connectivity index (χ1n) is 6.33. The summed E-state index contributed by atoms with van der Waals surface area (Å²) in [5.74, 6) is -1.28. The van der Waals surface area contributed by atoms with Crippen molar-refractivity contribution < 1.29 is 26.4 Å². The van der Waals surface area contributed by atoms with Gasteiger partial charge in [0.15, 0.2) is 9.84 Å². The van der Waals surface area contributed by atoms with Crippen LogP contribution in [0, 0.1) is 0 Å². The first kappa shape index (κ1) is 17.0. The van der Waals surface area contributed by atoms with Gasteiger partial charge in [0.25, 0.3) is 0 Å². The van der Waals surface area contributed by atoms with Crippen molar-refractivity contribution in [1.29, 1.82) is 0 Å². The highest BCUT2D eigenvalue weighted by Gasteiger charge is 2.36. The maximum absolute atomic E-state index is 13.1. The lowest BCUT2D eigenvalue weighted by Crippen LogP contribution is -2.20. The van der Waals surface area contributed by atoms with Crippen molar-refractivity contribution in [3.8, 4) is 11.1 Å². The van der Waals surface area contributed by atoms with Crippen molar-refractivity contribution in [1.82, 2.24) is 0 Å². The molecule has 2 aromatic rings. The van der Waals surface area contributed by atoms with Crippen molar-refractivity contribution >= 4 is 15.7 Å². The van der Waals surface area contributed by atoms with Crippen LogP contribution in [0.3, 0.4) is 0 Å². The Morgan fingerprint density at radius 1 is 1.00 bits per heavy atom. The Bertz CT molecular complexity index is 874. The number of benzene rings is 2. The molecule has 2 aromatic carbocycles. The lowest BCUT2D eigenvalue weighted by molar-refractivity contribution is -0.137. The number of hydrogen-bond acceptors (Lipinski definition) is 3. The largest absolute Gasteiger partial charge is 0.417 e. The third kappa shape index (κ3) is 3.37. The molecule has 122 valence electrons. The van der Waals surface area contributed by atoms with Gasteiger partial charge in [0.2, 0.25) is 5.91 Å². The summed E-state index contributed by atoms with van der Waals surface area (Å²) >= 11 is 0. The Balaban J connectivity index is 2.89. The number of halogens is 3. The predicted molar refractivity (Wildman–Crippen MR) is 78.5 cm³/mol. The van der Waals surface area contributed by atoms with Gasteiger partial charge in [0, 0.05) is 11.8 Å². The summed E-state index contributed by atoms with van der Waals surface area (Å²) in [6.07, 6.45) is -3.86. The summed E-state index contributed by atoms with van der Waals surface area (Å²) in [6, 6.07) is 8.57. The van der Waals surface area contributed by atoms with Crippen molar-refractivity contribution in [2.24, 2.45) is 5.73 Å². The van der Waals surface area contributed by atoms with Crippen LogP contribution in [0.5, 0.6) is 0 Å². The fraction of sp³-hybridized carbons (Fsp3) is 0.133. The zero-order valence-corrected chi connectivity index (χ0v) is 12.7. The first-order valence-corrected chi connectivity index (χ1v) is 8.22. The molecule has 2 rings (SSSR count). The molecule has 0 heterocycles. The van der Waals surface area contributed by atoms with Crippen LogP contribution in [-0.4, -0.2) is 20.6 Å². The van der Waals surface area contributed by atoms with Gasteiger partial charge in [-0.05, 0) is 17.7 Å². The van der Waals surface area contributed by atoms with Crippen molar-refractivity contribution in [2.75, 3.05) is 6.26 Å². The zero-order chi connectivity index (χ0) is 17.4. The second-order valence-corrected chi connectivity index (χ2v) is 6.84. The molecule has 0 aliphatic heterocycles. The molecular weight excluding hydrogens is 331 g/mol. The fourth-order valence-corrected chi connectivity index (χ4v) is 3.19.